The highest BCUT2D eigenvalue weighted by Gasteiger charge is 2.18. The van der Waals surface area contributed by atoms with Gasteiger partial charge >= 0.3 is 0 Å². The van der Waals surface area contributed by atoms with Crippen molar-refractivity contribution >= 4 is 22.5 Å². The van der Waals surface area contributed by atoms with Crippen molar-refractivity contribution in [2.45, 2.75) is 6.54 Å². The number of nitrogens with zero attached hydrogens (tertiary/aromatic N) is 6. The first-order valence-corrected chi connectivity index (χ1v) is 13.5. The molecule has 0 unspecified atom stereocenters. The van der Waals surface area contributed by atoms with Crippen molar-refractivity contribution in [3.63, 3.8) is 0 Å². The number of rotatable bonds is 13. The third-order valence-electron chi connectivity index (χ3n) is 6.46. The number of amides is 1. The van der Waals surface area contributed by atoms with Gasteiger partial charge in [-0.1, -0.05) is 23.4 Å². The number of carbonyl (C=O) groups is 1. The van der Waals surface area contributed by atoms with Gasteiger partial charge in [0.15, 0.2) is 11.5 Å². The van der Waals surface area contributed by atoms with E-state index in [1.54, 1.807) is 67.6 Å². The van der Waals surface area contributed by atoms with Crippen molar-refractivity contribution in [1.29, 1.82) is 5.26 Å². The Bertz CT molecular complexity index is 1820. The van der Waals surface area contributed by atoms with Gasteiger partial charge in [-0.25, -0.2) is 19.0 Å². The third kappa shape index (κ3) is 7.12. The first kappa shape index (κ1) is 30.0. The smallest absolute Gasteiger partial charge is 0.275 e. The summed E-state index contributed by atoms with van der Waals surface area (Å²) in [6, 6.07) is 16.7. The molecule has 224 valence electrons. The molecular weight excluding hydrogens is 569 g/mol. The second-order valence-corrected chi connectivity index (χ2v) is 9.48. The zero-order chi connectivity index (χ0) is 30.9. The molecule has 13 heteroatoms. The summed E-state index contributed by atoms with van der Waals surface area (Å²) in [5, 5.41) is 20.7. The van der Waals surface area contributed by atoms with Crippen molar-refractivity contribution in [2.24, 2.45) is 0 Å². The lowest BCUT2D eigenvalue weighted by Crippen LogP contribution is -2.15. The number of anilines is 1. The Balaban J connectivity index is 1.35. The van der Waals surface area contributed by atoms with Crippen LogP contribution >= 0.6 is 0 Å². The molecule has 0 atom stereocenters. The van der Waals surface area contributed by atoms with E-state index in [1.165, 1.54) is 18.5 Å². The zero-order valence-electron chi connectivity index (χ0n) is 24.0. The average molecular weight is 598 g/mol. The molecule has 12 nitrogen and oxygen atoms in total. The highest BCUT2D eigenvalue weighted by Crippen LogP contribution is 2.33. The molecule has 0 aliphatic carbocycles. The third-order valence-corrected chi connectivity index (χ3v) is 6.46. The van der Waals surface area contributed by atoms with Crippen LogP contribution in [0.15, 0.2) is 67.1 Å². The molecule has 0 aliphatic heterocycles. The molecule has 0 aliphatic rings. The number of ether oxygens (including phenoxy) is 4. The summed E-state index contributed by atoms with van der Waals surface area (Å²) < 4.78 is 37.4. The fourth-order valence-corrected chi connectivity index (χ4v) is 4.33. The lowest BCUT2D eigenvalue weighted by Gasteiger charge is -2.15. The lowest BCUT2D eigenvalue weighted by atomic mass is 10.1. The molecule has 1 N–H and O–H groups in total. The number of nitrogens with one attached hydrogen (secondary N) is 1. The summed E-state index contributed by atoms with van der Waals surface area (Å²) in [5.41, 5.74) is 3.05. The van der Waals surface area contributed by atoms with Gasteiger partial charge in [0.1, 0.15) is 42.8 Å². The van der Waals surface area contributed by atoms with E-state index in [4.69, 9.17) is 24.2 Å². The van der Waals surface area contributed by atoms with Crippen LogP contribution in [0.3, 0.4) is 0 Å². The fraction of sp³-hybridized carbons (Fsp3) is 0.226. The van der Waals surface area contributed by atoms with Gasteiger partial charge in [0.2, 0.25) is 0 Å². The molecule has 0 bridgehead atoms. The van der Waals surface area contributed by atoms with E-state index in [0.717, 1.165) is 0 Å². The van der Waals surface area contributed by atoms with Gasteiger partial charge in [0.25, 0.3) is 5.91 Å². The van der Waals surface area contributed by atoms with E-state index in [-0.39, 0.29) is 24.4 Å². The van der Waals surface area contributed by atoms with E-state index >= 15 is 0 Å². The van der Waals surface area contributed by atoms with Crippen LogP contribution in [0.5, 0.6) is 11.5 Å². The van der Waals surface area contributed by atoms with E-state index in [1.807, 2.05) is 6.07 Å². The molecule has 0 fully saturated rings. The standard InChI is InChI=1S/C31H28FN7O5/c1-41-8-10-43-28-14-24-26(15-29(28)44-11-9-42-2)34-19-35-30(24)31(40)36-23-5-3-4-21(13-23)27-18-39(38-37-27)17-20-6-7-22(16-33)25(32)12-20/h3-7,12-15,18-19H,8-11,17H2,1-2H3,(H,36,40). The maximum Gasteiger partial charge on any atom is 0.275 e. The average Bonchev–Trinajstić information content (AvgIpc) is 3.50. The molecule has 0 saturated carbocycles. The molecule has 2 heterocycles. The second-order valence-electron chi connectivity index (χ2n) is 9.48. The first-order chi connectivity index (χ1) is 21.5. The summed E-state index contributed by atoms with van der Waals surface area (Å²) in [5.74, 6) is -0.156. The molecule has 5 rings (SSSR count). The van der Waals surface area contributed by atoms with Gasteiger partial charge in [0.05, 0.1) is 37.0 Å². The Hall–Kier alpha value is -5.45. The SMILES string of the molecule is COCCOc1cc2ncnc(C(=O)Nc3cccc(-c4cn(Cc5ccc(C#N)c(F)c5)nn4)c3)c2cc1OCCOC. The van der Waals surface area contributed by atoms with Gasteiger partial charge in [-0.15, -0.1) is 5.10 Å². The van der Waals surface area contributed by atoms with Crippen LogP contribution in [0.2, 0.25) is 0 Å². The van der Waals surface area contributed by atoms with Crippen LogP contribution in [0.4, 0.5) is 10.1 Å². The Morgan fingerprint density at radius 1 is 0.977 bits per heavy atom. The summed E-state index contributed by atoms with van der Waals surface area (Å²) in [4.78, 5) is 22.0. The molecule has 5 aromatic rings. The molecule has 3 aromatic carbocycles. The van der Waals surface area contributed by atoms with E-state index < -0.39 is 11.7 Å². The summed E-state index contributed by atoms with van der Waals surface area (Å²) >= 11 is 0. The second kappa shape index (κ2) is 14.1. The number of carbonyl (C=O) groups excluding carboxylic acids is 1. The normalized spacial score (nSPS) is 10.9. The van der Waals surface area contributed by atoms with Gasteiger partial charge < -0.3 is 24.3 Å². The minimum Gasteiger partial charge on any atom is -0.487 e. The van der Waals surface area contributed by atoms with Crippen LogP contribution in [-0.4, -0.2) is 71.5 Å². The summed E-state index contributed by atoms with van der Waals surface area (Å²) in [6.45, 7) is 1.60. The van der Waals surface area contributed by atoms with Gasteiger partial charge in [-0.2, -0.15) is 5.26 Å². The van der Waals surface area contributed by atoms with Gasteiger partial charge in [-0.05, 0) is 35.9 Å². The van der Waals surface area contributed by atoms with Crippen molar-refractivity contribution in [2.75, 3.05) is 46.0 Å². The molecule has 2 aromatic heterocycles. The highest BCUT2D eigenvalue weighted by molar-refractivity contribution is 6.11. The predicted octanol–water partition coefficient (Wildman–Crippen LogP) is 4.25. The largest absolute Gasteiger partial charge is 0.487 e. The van der Waals surface area contributed by atoms with Gasteiger partial charge in [0, 0.05) is 36.9 Å². The number of methoxy groups -OCH3 is 2. The Morgan fingerprint density at radius 3 is 2.48 bits per heavy atom. The minimum absolute atomic E-state index is 0.0191. The Labute approximate surface area is 252 Å². The number of hydrogen-bond acceptors (Lipinski definition) is 10. The van der Waals surface area contributed by atoms with Crippen LogP contribution in [0.25, 0.3) is 22.2 Å². The number of aromatic nitrogens is 5. The summed E-state index contributed by atoms with van der Waals surface area (Å²) in [6.07, 6.45) is 3.03. The maximum absolute atomic E-state index is 14.0. The zero-order valence-corrected chi connectivity index (χ0v) is 24.0. The number of nitriles is 1. The molecule has 1 amide bonds. The number of hydrogen-bond donors (Lipinski definition) is 1. The first-order valence-electron chi connectivity index (χ1n) is 13.5. The van der Waals surface area contributed by atoms with E-state index in [9.17, 15) is 9.18 Å². The van der Waals surface area contributed by atoms with Crippen molar-refractivity contribution in [3.05, 3.63) is 89.8 Å². The molecule has 44 heavy (non-hydrogen) atoms. The monoisotopic (exact) mass is 597 g/mol. The highest BCUT2D eigenvalue weighted by atomic mass is 19.1. The van der Waals surface area contributed by atoms with Gasteiger partial charge in [-0.3, -0.25) is 4.79 Å². The Kier molecular flexibility index (Phi) is 9.65. The predicted molar refractivity (Wildman–Crippen MR) is 158 cm³/mol. The summed E-state index contributed by atoms with van der Waals surface area (Å²) in [7, 11) is 3.16. The Morgan fingerprint density at radius 2 is 1.75 bits per heavy atom. The quantitative estimate of drug-likeness (QED) is 0.195. The minimum atomic E-state index is -0.587. The molecular formula is C31H28FN7O5. The van der Waals surface area contributed by atoms with Crippen molar-refractivity contribution in [3.8, 4) is 28.8 Å². The van der Waals surface area contributed by atoms with Crippen LogP contribution in [0, 0.1) is 17.1 Å². The molecule has 0 spiro atoms. The van der Waals surface area contributed by atoms with Crippen LogP contribution in [0.1, 0.15) is 21.6 Å². The maximum atomic E-state index is 14.0. The van der Waals surface area contributed by atoms with Crippen molar-refractivity contribution < 1.29 is 28.1 Å². The van der Waals surface area contributed by atoms with Crippen LogP contribution < -0.4 is 14.8 Å². The fourth-order valence-electron chi connectivity index (χ4n) is 4.33. The number of halogens is 1. The topological polar surface area (TPSA) is 146 Å². The molecule has 0 saturated heterocycles. The van der Waals surface area contributed by atoms with Crippen LogP contribution in [-0.2, 0) is 16.0 Å². The van der Waals surface area contributed by atoms with Crippen molar-refractivity contribution in [1.82, 2.24) is 25.0 Å². The number of fused-ring (bicyclic) bond motifs is 1. The van der Waals surface area contributed by atoms with E-state index in [0.29, 0.717) is 64.7 Å². The lowest BCUT2D eigenvalue weighted by molar-refractivity contribution is 0.102. The molecule has 0 radical (unpaired) electrons. The van der Waals surface area contributed by atoms with E-state index in [2.05, 4.69) is 25.6 Å². The number of benzene rings is 3.